The largest absolute Gasteiger partial charge is 0.213 e. The molecule has 4 aromatic rings. The molecule has 0 bridgehead atoms. The molecule has 0 amide bonds. The minimum absolute atomic E-state index is 0.716. The molecule has 25 heavy (non-hydrogen) atoms. The first kappa shape index (κ1) is 15.6. The quantitative estimate of drug-likeness (QED) is 0.495. The van der Waals surface area contributed by atoms with E-state index in [1.165, 1.54) is 5.56 Å². The predicted molar refractivity (Wildman–Crippen MR) is 101 cm³/mol. The van der Waals surface area contributed by atoms with Gasteiger partial charge < -0.3 is 0 Å². The first-order valence-corrected chi connectivity index (χ1v) is 8.99. The van der Waals surface area contributed by atoms with Crippen molar-refractivity contribution in [1.29, 1.82) is 0 Å². The lowest BCUT2D eigenvalue weighted by Crippen LogP contribution is -2.03. The predicted octanol–water partition coefficient (Wildman–Crippen LogP) is 4.62. The summed E-state index contributed by atoms with van der Waals surface area (Å²) < 4.78 is 1.81. The van der Waals surface area contributed by atoms with Crippen molar-refractivity contribution in [2.24, 2.45) is 0 Å². The third kappa shape index (κ3) is 3.61. The van der Waals surface area contributed by atoms with Crippen molar-refractivity contribution >= 4 is 11.8 Å². The number of aromatic nitrogens is 4. The average Bonchev–Trinajstić information content (AvgIpc) is 3.18. The van der Waals surface area contributed by atoms with Crippen LogP contribution in [0.1, 0.15) is 5.56 Å². The van der Waals surface area contributed by atoms with Gasteiger partial charge >= 0.3 is 0 Å². The third-order valence-electron chi connectivity index (χ3n) is 3.78. The lowest BCUT2D eigenvalue weighted by atomic mass is 10.1. The van der Waals surface area contributed by atoms with Crippen molar-refractivity contribution in [3.63, 3.8) is 0 Å². The van der Waals surface area contributed by atoms with Gasteiger partial charge in [0.1, 0.15) is 5.03 Å². The molecular weight excluding hydrogens is 328 g/mol. The van der Waals surface area contributed by atoms with Gasteiger partial charge in [-0.2, -0.15) is 5.10 Å². The van der Waals surface area contributed by atoms with Crippen molar-refractivity contribution in [3.8, 4) is 17.1 Å². The van der Waals surface area contributed by atoms with Gasteiger partial charge in [-0.3, -0.25) is 0 Å². The molecule has 2 aromatic heterocycles. The smallest absolute Gasteiger partial charge is 0.176 e. The molecule has 0 fully saturated rings. The Kier molecular flexibility index (Phi) is 4.57. The van der Waals surface area contributed by atoms with Crippen LogP contribution in [0.15, 0.2) is 90.1 Å². The summed E-state index contributed by atoms with van der Waals surface area (Å²) in [7, 11) is 0. The van der Waals surface area contributed by atoms with E-state index >= 15 is 0 Å². The maximum absolute atomic E-state index is 4.39. The van der Waals surface area contributed by atoms with E-state index in [1.54, 1.807) is 18.0 Å². The Morgan fingerprint density at radius 1 is 0.760 bits per heavy atom. The van der Waals surface area contributed by atoms with Crippen LogP contribution < -0.4 is 0 Å². The van der Waals surface area contributed by atoms with Crippen molar-refractivity contribution in [3.05, 3.63) is 90.6 Å². The summed E-state index contributed by atoms with van der Waals surface area (Å²) in [5.74, 6) is 1.60. The fraction of sp³-hybridized carbons (Fsp3) is 0.0500. The number of hydrogen-bond donors (Lipinski definition) is 0. The Balaban J connectivity index is 1.52. The van der Waals surface area contributed by atoms with Gasteiger partial charge in [0, 0.05) is 11.3 Å². The van der Waals surface area contributed by atoms with Crippen molar-refractivity contribution in [2.45, 2.75) is 10.8 Å². The van der Waals surface area contributed by atoms with Gasteiger partial charge in [0.25, 0.3) is 0 Å². The molecule has 4 rings (SSSR count). The SMILES string of the molecule is c1ccc(CSc2ccc(-n3nccc3-c3ccccc3)nn2)cc1. The van der Waals surface area contributed by atoms with Gasteiger partial charge in [-0.15, -0.1) is 10.2 Å². The van der Waals surface area contributed by atoms with Crippen LogP contribution in [0, 0.1) is 0 Å². The Morgan fingerprint density at radius 2 is 1.52 bits per heavy atom. The highest BCUT2D eigenvalue weighted by Gasteiger charge is 2.09. The Hall–Kier alpha value is -2.92. The summed E-state index contributed by atoms with van der Waals surface area (Å²) >= 11 is 1.68. The molecule has 0 aliphatic heterocycles. The van der Waals surface area contributed by atoms with E-state index in [2.05, 4.69) is 39.6 Å². The van der Waals surface area contributed by atoms with Crippen LogP contribution in [0.3, 0.4) is 0 Å². The van der Waals surface area contributed by atoms with Crippen LogP contribution in [0.5, 0.6) is 0 Å². The van der Waals surface area contributed by atoms with Crippen LogP contribution >= 0.6 is 11.8 Å². The first-order chi connectivity index (χ1) is 12.4. The van der Waals surface area contributed by atoms with E-state index in [9.17, 15) is 0 Å². The maximum Gasteiger partial charge on any atom is 0.176 e. The van der Waals surface area contributed by atoms with E-state index in [-0.39, 0.29) is 0 Å². The maximum atomic E-state index is 4.39. The lowest BCUT2D eigenvalue weighted by molar-refractivity contribution is 0.797. The van der Waals surface area contributed by atoms with E-state index in [0.29, 0.717) is 5.82 Å². The first-order valence-electron chi connectivity index (χ1n) is 8.00. The fourth-order valence-electron chi connectivity index (χ4n) is 2.55. The summed E-state index contributed by atoms with van der Waals surface area (Å²) in [5.41, 5.74) is 3.38. The lowest BCUT2D eigenvalue weighted by Gasteiger charge is -2.07. The minimum atomic E-state index is 0.716. The van der Waals surface area contributed by atoms with E-state index in [4.69, 9.17) is 0 Å². The second-order valence-electron chi connectivity index (χ2n) is 5.50. The molecule has 2 heterocycles. The Labute approximate surface area is 150 Å². The van der Waals surface area contributed by atoms with Crippen molar-refractivity contribution < 1.29 is 0 Å². The van der Waals surface area contributed by atoms with Gasteiger partial charge in [0.2, 0.25) is 0 Å². The highest BCUT2D eigenvalue weighted by atomic mass is 32.2. The normalized spacial score (nSPS) is 10.7. The van der Waals surface area contributed by atoms with Gasteiger partial charge in [0.05, 0.1) is 11.9 Å². The van der Waals surface area contributed by atoms with Crippen LogP contribution in [0.4, 0.5) is 0 Å². The topological polar surface area (TPSA) is 43.6 Å². The number of hydrogen-bond acceptors (Lipinski definition) is 4. The second kappa shape index (κ2) is 7.32. The Bertz CT molecular complexity index is 934. The second-order valence-corrected chi connectivity index (χ2v) is 6.49. The zero-order valence-electron chi connectivity index (χ0n) is 13.5. The van der Waals surface area contributed by atoms with E-state index in [0.717, 1.165) is 22.0 Å². The van der Waals surface area contributed by atoms with Crippen LogP contribution in [-0.2, 0) is 5.75 Å². The van der Waals surface area contributed by atoms with Crippen molar-refractivity contribution in [2.75, 3.05) is 0 Å². The summed E-state index contributed by atoms with van der Waals surface area (Å²) in [6.07, 6.45) is 1.78. The molecule has 122 valence electrons. The number of thioether (sulfide) groups is 1. The number of nitrogens with zero attached hydrogens (tertiary/aromatic N) is 4. The van der Waals surface area contributed by atoms with Crippen LogP contribution in [-0.4, -0.2) is 20.0 Å². The van der Waals surface area contributed by atoms with Gasteiger partial charge in [0.15, 0.2) is 5.82 Å². The molecule has 0 radical (unpaired) electrons. The molecule has 0 unspecified atom stereocenters. The van der Waals surface area contributed by atoms with Crippen LogP contribution in [0.25, 0.3) is 17.1 Å². The molecule has 4 nitrogen and oxygen atoms in total. The molecule has 2 aromatic carbocycles. The third-order valence-corrected chi connectivity index (χ3v) is 4.78. The molecule has 0 spiro atoms. The average molecular weight is 344 g/mol. The number of rotatable bonds is 5. The summed E-state index contributed by atoms with van der Waals surface area (Å²) in [6, 6.07) is 26.4. The van der Waals surface area contributed by atoms with Crippen molar-refractivity contribution in [1.82, 2.24) is 20.0 Å². The van der Waals surface area contributed by atoms with Gasteiger partial charge in [-0.1, -0.05) is 72.4 Å². The molecule has 0 aliphatic rings. The molecule has 0 aliphatic carbocycles. The molecule has 0 saturated heterocycles. The Morgan fingerprint density at radius 3 is 2.24 bits per heavy atom. The standard InChI is InChI=1S/C20H16N4S/c1-3-7-16(8-4-1)15-25-20-12-11-19(22-23-20)24-18(13-14-21-24)17-9-5-2-6-10-17/h1-14H,15H2. The zero-order valence-corrected chi connectivity index (χ0v) is 14.3. The molecule has 0 saturated carbocycles. The summed E-state index contributed by atoms with van der Waals surface area (Å²) in [5, 5.41) is 14.0. The summed E-state index contributed by atoms with van der Waals surface area (Å²) in [6.45, 7) is 0. The molecule has 0 N–H and O–H groups in total. The number of benzene rings is 2. The highest BCUT2D eigenvalue weighted by Crippen LogP contribution is 2.23. The summed E-state index contributed by atoms with van der Waals surface area (Å²) in [4.78, 5) is 0. The fourth-order valence-corrected chi connectivity index (χ4v) is 3.32. The molecule has 0 atom stereocenters. The highest BCUT2D eigenvalue weighted by molar-refractivity contribution is 7.98. The van der Waals surface area contributed by atoms with E-state index in [1.807, 2.05) is 59.3 Å². The van der Waals surface area contributed by atoms with E-state index < -0.39 is 0 Å². The molecular formula is C20H16N4S. The van der Waals surface area contributed by atoms with Crippen LogP contribution in [0.2, 0.25) is 0 Å². The zero-order chi connectivity index (χ0) is 16.9. The molecule has 5 heteroatoms. The monoisotopic (exact) mass is 344 g/mol. The van der Waals surface area contributed by atoms with Gasteiger partial charge in [-0.25, -0.2) is 4.68 Å². The minimum Gasteiger partial charge on any atom is -0.213 e. The van der Waals surface area contributed by atoms with Gasteiger partial charge in [-0.05, 0) is 23.8 Å².